The van der Waals surface area contributed by atoms with Crippen molar-refractivity contribution < 1.29 is 4.43 Å². The van der Waals surface area contributed by atoms with Crippen LogP contribution >= 0.6 is 0 Å². The van der Waals surface area contributed by atoms with Crippen LogP contribution in [0.4, 0.5) is 0 Å². The van der Waals surface area contributed by atoms with E-state index in [0.717, 1.165) is 13.0 Å². The Kier molecular flexibility index (Phi) is 6.75. The Morgan fingerprint density at radius 2 is 1.35 bits per heavy atom. The molecule has 0 spiro atoms. The zero-order valence-corrected chi connectivity index (χ0v) is 17.9. The van der Waals surface area contributed by atoms with Crippen LogP contribution in [0, 0.1) is 0 Å². The van der Waals surface area contributed by atoms with E-state index in [1.54, 1.807) is 0 Å². The number of rotatable bonds is 6. The smallest absolute Gasteiger partial charge is 0.192 e. The van der Waals surface area contributed by atoms with Crippen LogP contribution in [0.15, 0.2) is 0 Å². The van der Waals surface area contributed by atoms with E-state index in [1.165, 1.54) is 0 Å². The van der Waals surface area contributed by atoms with Crippen LogP contribution in [-0.2, 0) is 4.43 Å². The predicted molar refractivity (Wildman–Crippen MR) is 97.6 cm³/mol. The standard InChI is InChI=1S/C16H39NOSi2/c1-12-14(17-19(8,9)15(2,3)4)13-18-20(10,11)16(5,6)7/h14,17H,12-13H2,1-11H3. The third-order valence-corrected chi connectivity index (χ3v) is 14.8. The second kappa shape index (κ2) is 6.63. The number of hydrogen-bond donors (Lipinski definition) is 1. The van der Waals surface area contributed by atoms with E-state index in [2.05, 4.69) is 79.6 Å². The maximum atomic E-state index is 6.40. The van der Waals surface area contributed by atoms with Crippen molar-refractivity contribution in [1.82, 2.24) is 4.98 Å². The van der Waals surface area contributed by atoms with Crippen molar-refractivity contribution in [2.24, 2.45) is 0 Å². The van der Waals surface area contributed by atoms with Crippen LogP contribution in [0.25, 0.3) is 0 Å². The van der Waals surface area contributed by atoms with Crippen molar-refractivity contribution in [2.75, 3.05) is 6.61 Å². The second-order valence-electron chi connectivity index (χ2n) is 9.20. The van der Waals surface area contributed by atoms with Gasteiger partial charge in [-0.3, -0.25) is 0 Å². The van der Waals surface area contributed by atoms with Gasteiger partial charge in [0.1, 0.15) is 8.24 Å². The minimum absolute atomic E-state index is 0.294. The molecular weight excluding hydrogens is 278 g/mol. The molecule has 1 atom stereocenters. The Morgan fingerprint density at radius 1 is 0.900 bits per heavy atom. The molecule has 0 amide bonds. The third kappa shape index (κ3) is 5.62. The summed E-state index contributed by atoms with van der Waals surface area (Å²) in [6, 6.07) is 0.491. The van der Waals surface area contributed by atoms with Crippen LogP contribution in [0.5, 0.6) is 0 Å². The summed E-state index contributed by atoms with van der Waals surface area (Å²) in [6.07, 6.45) is 1.14. The summed E-state index contributed by atoms with van der Waals surface area (Å²) < 4.78 is 6.40. The zero-order chi connectivity index (χ0) is 16.4. The molecule has 0 rings (SSSR count). The first kappa shape index (κ1) is 20.4. The molecule has 0 saturated heterocycles. The Balaban J connectivity index is 4.68. The van der Waals surface area contributed by atoms with Crippen LogP contribution in [0.2, 0.25) is 36.3 Å². The molecule has 1 unspecified atom stereocenters. The molecule has 0 saturated carbocycles. The number of nitrogens with one attached hydrogen (secondary N) is 1. The average molecular weight is 318 g/mol. The summed E-state index contributed by atoms with van der Waals surface area (Å²) >= 11 is 0. The minimum Gasteiger partial charge on any atom is -0.415 e. The molecule has 0 radical (unpaired) electrons. The third-order valence-electron chi connectivity index (χ3n) is 5.38. The van der Waals surface area contributed by atoms with E-state index in [0.29, 0.717) is 16.1 Å². The van der Waals surface area contributed by atoms with Gasteiger partial charge < -0.3 is 9.41 Å². The predicted octanol–water partition coefficient (Wildman–Crippen LogP) is 5.38. The fourth-order valence-corrected chi connectivity index (χ4v) is 4.31. The van der Waals surface area contributed by atoms with E-state index in [9.17, 15) is 0 Å². The van der Waals surface area contributed by atoms with Gasteiger partial charge in [0.25, 0.3) is 0 Å². The number of hydrogen-bond acceptors (Lipinski definition) is 2. The SMILES string of the molecule is CCC(CO[Si](C)(C)C(C)(C)C)N[Si](C)(C)C(C)(C)C. The monoisotopic (exact) mass is 317 g/mol. The molecule has 0 aliphatic carbocycles. The Labute approximate surface area is 130 Å². The van der Waals surface area contributed by atoms with Gasteiger partial charge in [0.15, 0.2) is 8.32 Å². The molecule has 0 aromatic rings. The van der Waals surface area contributed by atoms with Crippen molar-refractivity contribution in [3.05, 3.63) is 0 Å². The lowest BCUT2D eigenvalue weighted by atomic mass is 10.2. The van der Waals surface area contributed by atoms with E-state index in [4.69, 9.17) is 4.43 Å². The maximum absolute atomic E-state index is 6.40. The van der Waals surface area contributed by atoms with Crippen molar-refractivity contribution >= 4 is 16.6 Å². The van der Waals surface area contributed by atoms with Crippen LogP contribution in [0.3, 0.4) is 0 Å². The molecule has 20 heavy (non-hydrogen) atoms. The molecule has 0 aliphatic rings. The molecule has 0 aliphatic heterocycles. The largest absolute Gasteiger partial charge is 0.415 e. The second-order valence-corrected chi connectivity index (χ2v) is 19.0. The molecule has 2 nitrogen and oxygen atoms in total. The molecule has 0 aromatic carbocycles. The van der Waals surface area contributed by atoms with Gasteiger partial charge in [-0.2, -0.15) is 0 Å². The van der Waals surface area contributed by atoms with Crippen molar-refractivity contribution in [1.29, 1.82) is 0 Å². The molecule has 0 heterocycles. The zero-order valence-electron chi connectivity index (χ0n) is 15.9. The lowest BCUT2D eigenvalue weighted by molar-refractivity contribution is 0.250. The van der Waals surface area contributed by atoms with Crippen molar-refractivity contribution in [3.63, 3.8) is 0 Å². The Morgan fingerprint density at radius 3 is 1.65 bits per heavy atom. The van der Waals surface area contributed by atoms with E-state index in [1.807, 2.05) is 0 Å². The van der Waals surface area contributed by atoms with Crippen LogP contribution < -0.4 is 4.98 Å². The van der Waals surface area contributed by atoms with Gasteiger partial charge in [-0.1, -0.05) is 61.6 Å². The summed E-state index contributed by atoms with van der Waals surface area (Å²) in [6.45, 7) is 26.7. The van der Waals surface area contributed by atoms with E-state index in [-0.39, 0.29) is 0 Å². The van der Waals surface area contributed by atoms with Crippen molar-refractivity contribution in [3.8, 4) is 0 Å². The fraction of sp³-hybridized carbons (Fsp3) is 1.00. The normalized spacial score (nSPS) is 16.4. The molecule has 0 aromatic heterocycles. The summed E-state index contributed by atoms with van der Waals surface area (Å²) in [4.78, 5) is 3.94. The lowest BCUT2D eigenvalue weighted by Crippen LogP contribution is -2.58. The van der Waals surface area contributed by atoms with Crippen LogP contribution in [0.1, 0.15) is 54.9 Å². The lowest BCUT2D eigenvalue weighted by Gasteiger charge is -2.42. The van der Waals surface area contributed by atoms with Gasteiger partial charge in [0.2, 0.25) is 0 Å². The highest BCUT2D eigenvalue weighted by Crippen LogP contribution is 2.37. The highest BCUT2D eigenvalue weighted by atomic mass is 28.4. The van der Waals surface area contributed by atoms with Crippen LogP contribution in [-0.4, -0.2) is 29.2 Å². The van der Waals surface area contributed by atoms with E-state index >= 15 is 0 Å². The average Bonchev–Trinajstić information content (AvgIpc) is 2.20. The summed E-state index contributed by atoms with van der Waals surface area (Å²) in [5.41, 5.74) is 0. The molecule has 0 bridgehead atoms. The Bertz CT molecular complexity index is 301. The van der Waals surface area contributed by atoms with Gasteiger partial charge >= 0.3 is 0 Å². The minimum atomic E-state index is -1.63. The van der Waals surface area contributed by atoms with E-state index < -0.39 is 16.6 Å². The van der Waals surface area contributed by atoms with Gasteiger partial charge in [-0.25, -0.2) is 0 Å². The molecular formula is C16H39NOSi2. The van der Waals surface area contributed by atoms with Gasteiger partial charge in [-0.15, -0.1) is 0 Å². The first-order valence-electron chi connectivity index (χ1n) is 8.06. The van der Waals surface area contributed by atoms with Gasteiger partial charge in [0.05, 0.1) is 0 Å². The molecule has 122 valence electrons. The fourth-order valence-electron chi connectivity index (χ4n) is 1.51. The van der Waals surface area contributed by atoms with Gasteiger partial charge in [0, 0.05) is 12.6 Å². The molecule has 4 heteroatoms. The summed E-state index contributed by atoms with van der Waals surface area (Å²) in [5.74, 6) is 0. The molecule has 0 fully saturated rings. The van der Waals surface area contributed by atoms with Crippen molar-refractivity contribution in [2.45, 2.75) is 97.2 Å². The first-order valence-corrected chi connectivity index (χ1v) is 14.0. The summed E-state index contributed by atoms with van der Waals surface area (Å²) in [7, 11) is -3.08. The first-order chi connectivity index (χ1) is 8.64. The topological polar surface area (TPSA) is 21.3 Å². The Hall–Kier alpha value is 0.354. The highest BCUT2D eigenvalue weighted by Gasteiger charge is 2.39. The molecule has 1 N–H and O–H groups in total. The summed E-state index contributed by atoms with van der Waals surface area (Å²) in [5, 5.41) is 0.666. The quantitative estimate of drug-likeness (QED) is 0.664. The van der Waals surface area contributed by atoms with Gasteiger partial charge in [-0.05, 0) is 29.6 Å². The highest BCUT2D eigenvalue weighted by molar-refractivity contribution is 6.77. The maximum Gasteiger partial charge on any atom is 0.192 e.